The SMILES string of the molecule is Cc1cc(-c2ccc(OC(C)C(=O)O)c(Cl)c2)c(C#N)c(=O)[nH]1. The van der Waals surface area contributed by atoms with E-state index >= 15 is 0 Å². The van der Waals surface area contributed by atoms with Gasteiger partial charge in [0.2, 0.25) is 0 Å². The van der Waals surface area contributed by atoms with Crippen molar-refractivity contribution in [2.75, 3.05) is 0 Å². The molecule has 0 saturated heterocycles. The topological polar surface area (TPSA) is 103 Å². The number of carbonyl (C=O) groups is 1. The number of rotatable bonds is 4. The van der Waals surface area contributed by atoms with Crippen LogP contribution in [0.2, 0.25) is 5.02 Å². The first-order valence-corrected chi connectivity index (χ1v) is 7.04. The van der Waals surface area contributed by atoms with E-state index in [9.17, 15) is 9.59 Å². The second-order valence-electron chi connectivity index (χ2n) is 4.93. The van der Waals surface area contributed by atoms with Crippen molar-refractivity contribution >= 4 is 17.6 Å². The van der Waals surface area contributed by atoms with Gasteiger partial charge in [-0.05, 0) is 37.6 Å². The van der Waals surface area contributed by atoms with Gasteiger partial charge in [0.1, 0.15) is 17.4 Å². The number of hydrogen-bond acceptors (Lipinski definition) is 4. The molecule has 7 heteroatoms. The van der Waals surface area contributed by atoms with Crippen LogP contribution in [0.3, 0.4) is 0 Å². The van der Waals surface area contributed by atoms with Crippen LogP contribution in [0.5, 0.6) is 5.75 Å². The third-order valence-electron chi connectivity index (χ3n) is 3.17. The van der Waals surface area contributed by atoms with Gasteiger partial charge in [-0.3, -0.25) is 4.79 Å². The molecule has 2 N–H and O–H groups in total. The molecule has 1 aromatic heterocycles. The number of nitrogens with zero attached hydrogens (tertiary/aromatic N) is 1. The summed E-state index contributed by atoms with van der Waals surface area (Å²) in [7, 11) is 0. The van der Waals surface area contributed by atoms with Crippen molar-refractivity contribution < 1.29 is 14.6 Å². The second-order valence-corrected chi connectivity index (χ2v) is 5.33. The Morgan fingerprint density at radius 3 is 2.70 bits per heavy atom. The van der Waals surface area contributed by atoms with Crippen molar-refractivity contribution in [2.24, 2.45) is 0 Å². The first-order valence-electron chi connectivity index (χ1n) is 6.67. The molecule has 23 heavy (non-hydrogen) atoms. The van der Waals surface area contributed by atoms with E-state index in [1.807, 2.05) is 6.07 Å². The van der Waals surface area contributed by atoms with Crippen LogP contribution >= 0.6 is 11.6 Å². The van der Waals surface area contributed by atoms with Crippen LogP contribution < -0.4 is 10.3 Å². The Balaban J connectivity index is 2.48. The molecule has 0 bridgehead atoms. The number of H-pyrrole nitrogens is 1. The van der Waals surface area contributed by atoms with Gasteiger partial charge in [-0.25, -0.2) is 4.79 Å². The van der Waals surface area contributed by atoms with Crippen molar-refractivity contribution in [1.29, 1.82) is 5.26 Å². The molecule has 0 saturated carbocycles. The van der Waals surface area contributed by atoms with Gasteiger partial charge in [-0.2, -0.15) is 5.26 Å². The van der Waals surface area contributed by atoms with E-state index in [4.69, 9.17) is 26.7 Å². The molecule has 6 nitrogen and oxygen atoms in total. The number of hydrogen-bond donors (Lipinski definition) is 2. The number of aromatic nitrogens is 1. The van der Waals surface area contributed by atoms with Crippen LogP contribution in [0.25, 0.3) is 11.1 Å². The summed E-state index contributed by atoms with van der Waals surface area (Å²) in [4.78, 5) is 25.2. The molecule has 0 aliphatic rings. The molecule has 0 fully saturated rings. The highest BCUT2D eigenvalue weighted by Crippen LogP contribution is 2.32. The van der Waals surface area contributed by atoms with Crippen LogP contribution in [0, 0.1) is 18.3 Å². The minimum Gasteiger partial charge on any atom is -0.479 e. The number of aryl methyl sites for hydroxylation is 1. The highest BCUT2D eigenvalue weighted by molar-refractivity contribution is 6.32. The zero-order valence-electron chi connectivity index (χ0n) is 12.4. The molecule has 0 aliphatic heterocycles. The number of pyridine rings is 1. The molecule has 0 radical (unpaired) electrons. The molecule has 118 valence electrons. The Morgan fingerprint density at radius 1 is 1.43 bits per heavy atom. The normalized spacial score (nSPS) is 11.6. The summed E-state index contributed by atoms with van der Waals surface area (Å²) in [6, 6.07) is 8.20. The minimum absolute atomic E-state index is 0.0146. The predicted octanol–water partition coefficient (Wildman–Crippen LogP) is 2.73. The van der Waals surface area contributed by atoms with Crippen molar-refractivity contribution in [1.82, 2.24) is 4.98 Å². The largest absolute Gasteiger partial charge is 0.479 e. The number of halogens is 1. The van der Waals surface area contributed by atoms with E-state index in [1.165, 1.54) is 19.1 Å². The van der Waals surface area contributed by atoms with E-state index in [-0.39, 0.29) is 16.3 Å². The van der Waals surface area contributed by atoms with Gasteiger partial charge in [-0.1, -0.05) is 17.7 Å². The molecular formula is C16H13ClN2O4. The first-order chi connectivity index (χ1) is 10.8. The molecular weight excluding hydrogens is 320 g/mol. The summed E-state index contributed by atoms with van der Waals surface area (Å²) < 4.78 is 5.24. The summed E-state index contributed by atoms with van der Waals surface area (Å²) in [6.45, 7) is 3.10. The summed E-state index contributed by atoms with van der Waals surface area (Å²) in [5.74, 6) is -0.896. The molecule has 1 heterocycles. The van der Waals surface area contributed by atoms with Gasteiger partial charge >= 0.3 is 5.97 Å². The van der Waals surface area contributed by atoms with Gasteiger partial charge in [0.25, 0.3) is 5.56 Å². The summed E-state index contributed by atoms with van der Waals surface area (Å²) >= 11 is 6.12. The monoisotopic (exact) mass is 332 g/mol. The summed E-state index contributed by atoms with van der Waals surface area (Å²) in [5.41, 5.74) is 1.14. The summed E-state index contributed by atoms with van der Waals surface area (Å²) in [6.07, 6.45) is -1.05. The van der Waals surface area contributed by atoms with Gasteiger partial charge < -0.3 is 14.8 Å². The Labute approximate surface area is 136 Å². The maximum absolute atomic E-state index is 11.8. The standard InChI is InChI=1S/C16H13ClN2O4/c1-8-5-11(12(7-18)15(20)19-8)10-3-4-14(13(17)6-10)23-9(2)16(21)22/h3-6,9H,1-2H3,(H,19,20)(H,21,22). The maximum atomic E-state index is 11.8. The molecule has 0 spiro atoms. The van der Waals surface area contributed by atoms with Crippen LogP contribution in [0.1, 0.15) is 18.2 Å². The van der Waals surface area contributed by atoms with Crippen LogP contribution in [-0.4, -0.2) is 22.2 Å². The second kappa shape index (κ2) is 6.55. The maximum Gasteiger partial charge on any atom is 0.344 e. The zero-order valence-corrected chi connectivity index (χ0v) is 13.1. The molecule has 2 rings (SSSR count). The highest BCUT2D eigenvalue weighted by Gasteiger charge is 2.16. The third kappa shape index (κ3) is 3.52. The third-order valence-corrected chi connectivity index (χ3v) is 3.47. The van der Waals surface area contributed by atoms with E-state index < -0.39 is 17.6 Å². The number of nitrogens with one attached hydrogen (secondary N) is 1. The molecule has 1 aromatic carbocycles. The van der Waals surface area contributed by atoms with Gasteiger partial charge in [0.15, 0.2) is 6.10 Å². The van der Waals surface area contributed by atoms with Crippen LogP contribution in [0.15, 0.2) is 29.1 Å². The predicted molar refractivity (Wildman–Crippen MR) is 84.7 cm³/mol. The lowest BCUT2D eigenvalue weighted by Crippen LogP contribution is -2.23. The average molecular weight is 333 g/mol. The average Bonchev–Trinajstić information content (AvgIpc) is 2.48. The molecule has 1 atom stereocenters. The number of ether oxygens (including phenoxy) is 1. The number of carboxylic acid groups (broad SMARTS) is 1. The van der Waals surface area contributed by atoms with Crippen molar-refractivity contribution in [3.8, 4) is 22.9 Å². The van der Waals surface area contributed by atoms with Crippen molar-refractivity contribution in [3.05, 3.63) is 50.9 Å². The lowest BCUT2D eigenvalue weighted by Gasteiger charge is -2.13. The molecule has 0 amide bonds. The van der Waals surface area contributed by atoms with Crippen LogP contribution in [0.4, 0.5) is 0 Å². The van der Waals surface area contributed by atoms with E-state index in [0.29, 0.717) is 16.8 Å². The first kappa shape index (κ1) is 16.6. The number of nitriles is 1. The fourth-order valence-corrected chi connectivity index (χ4v) is 2.26. The number of aliphatic carboxylic acids is 1. The Bertz CT molecular complexity index is 867. The van der Waals surface area contributed by atoms with Gasteiger partial charge in [-0.15, -0.1) is 0 Å². The zero-order chi connectivity index (χ0) is 17.1. The number of carboxylic acids is 1. The van der Waals surface area contributed by atoms with Crippen LogP contribution in [-0.2, 0) is 4.79 Å². The van der Waals surface area contributed by atoms with E-state index in [0.717, 1.165) is 0 Å². The van der Waals surface area contributed by atoms with E-state index in [1.54, 1.807) is 19.1 Å². The van der Waals surface area contributed by atoms with Crippen molar-refractivity contribution in [2.45, 2.75) is 20.0 Å². The number of benzene rings is 1. The minimum atomic E-state index is -1.11. The fraction of sp³-hybridized carbons (Fsp3) is 0.188. The van der Waals surface area contributed by atoms with Gasteiger partial charge in [0, 0.05) is 11.3 Å². The Kier molecular flexibility index (Phi) is 4.72. The van der Waals surface area contributed by atoms with Crippen molar-refractivity contribution in [3.63, 3.8) is 0 Å². The fourth-order valence-electron chi connectivity index (χ4n) is 2.03. The summed E-state index contributed by atoms with van der Waals surface area (Å²) in [5, 5.41) is 18.2. The lowest BCUT2D eigenvalue weighted by atomic mass is 10.0. The smallest absolute Gasteiger partial charge is 0.344 e. The molecule has 2 aromatic rings. The highest BCUT2D eigenvalue weighted by atomic mass is 35.5. The van der Waals surface area contributed by atoms with Gasteiger partial charge in [0.05, 0.1) is 5.02 Å². The quantitative estimate of drug-likeness (QED) is 0.896. The Hall–Kier alpha value is -2.78. The van der Waals surface area contributed by atoms with E-state index in [2.05, 4.69) is 4.98 Å². The lowest BCUT2D eigenvalue weighted by molar-refractivity contribution is -0.144. The molecule has 1 unspecified atom stereocenters. The number of aromatic amines is 1. The Morgan fingerprint density at radius 2 is 2.13 bits per heavy atom. The molecule has 0 aliphatic carbocycles.